The molecule has 0 aromatic carbocycles. The van der Waals surface area contributed by atoms with Crippen molar-refractivity contribution in [1.29, 1.82) is 0 Å². The number of carbonyl (C=O) groups excluding carboxylic acids is 2. The Morgan fingerprint density at radius 1 is 1.57 bits per heavy atom. The smallest absolute Gasteiger partial charge is 0.445 e. The van der Waals surface area contributed by atoms with Gasteiger partial charge in [0.15, 0.2) is 6.04 Å². The maximum Gasteiger partial charge on any atom is 0.467 e. The molecule has 0 spiro atoms. The van der Waals surface area contributed by atoms with E-state index in [1.54, 1.807) is 5.48 Å². The lowest BCUT2D eigenvalue weighted by Crippen LogP contribution is -2.41. The number of hydrogen-bond acceptors (Lipinski definition) is 6. The Hall–Kier alpha value is -0.820. The molecule has 2 fully saturated rings. The molecule has 8 nitrogen and oxygen atoms in total. The average molecular weight is 243 g/mol. The normalized spacial score (nSPS) is 37.2. The molecule has 2 amide bonds. The van der Waals surface area contributed by atoms with E-state index >= 15 is 0 Å². The highest BCUT2D eigenvalue weighted by Crippen LogP contribution is 2.55. The van der Waals surface area contributed by atoms with Crippen LogP contribution in [0.1, 0.15) is 0 Å². The van der Waals surface area contributed by atoms with Crippen molar-refractivity contribution in [2.75, 3.05) is 6.61 Å². The minimum Gasteiger partial charge on any atom is -0.445 e. The van der Waals surface area contributed by atoms with Crippen LogP contribution in [0.25, 0.3) is 0 Å². The summed E-state index contributed by atoms with van der Waals surface area (Å²) in [6, 6.07) is -1.03. The van der Waals surface area contributed by atoms with E-state index in [9.17, 15) is 14.2 Å². The standard InChI is InChI=1S/C4H4ClN2O6P/c5-14(10)12-6-3(8)2-1-11-4(9)7(2)13-14/h2H,1H2,(H,6,8). The predicted molar refractivity (Wildman–Crippen MR) is 40.7 cm³/mol. The number of nitrogens with zero attached hydrogens (tertiary/aromatic N) is 1. The molecule has 2 saturated heterocycles. The van der Waals surface area contributed by atoms with Crippen LogP contribution in [0.3, 0.4) is 0 Å². The molecule has 2 heterocycles. The molecule has 10 heteroatoms. The number of hydroxylamine groups is 3. The van der Waals surface area contributed by atoms with Crippen LogP contribution in [0.5, 0.6) is 0 Å². The Labute approximate surface area is 82.3 Å². The third-order valence-corrected chi connectivity index (χ3v) is 2.64. The highest BCUT2D eigenvalue weighted by atomic mass is 35.7. The second-order valence-corrected chi connectivity index (χ2v) is 4.94. The van der Waals surface area contributed by atoms with Crippen LogP contribution < -0.4 is 5.48 Å². The molecule has 78 valence electrons. The molecule has 2 unspecified atom stereocenters. The minimum absolute atomic E-state index is 0.203. The number of cyclic esters (lactones) is 1. The Kier molecular flexibility index (Phi) is 2.15. The fourth-order valence-corrected chi connectivity index (χ4v) is 1.90. The molecule has 14 heavy (non-hydrogen) atoms. The summed E-state index contributed by atoms with van der Waals surface area (Å²) in [6.45, 7) is -4.21. The van der Waals surface area contributed by atoms with Crippen molar-refractivity contribution in [3.8, 4) is 0 Å². The molecule has 2 rings (SSSR count). The first kappa shape index (κ1) is 9.72. The number of rotatable bonds is 0. The average Bonchev–Trinajstić information content (AvgIpc) is 2.38. The van der Waals surface area contributed by atoms with Crippen molar-refractivity contribution in [3.63, 3.8) is 0 Å². The van der Waals surface area contributed by atoms with Gasteiger partial charge in [-0.1, -0.05) is 0 Å². The van der Waals surface area contributed by atoms with Crippen molar-refractivity contribution in [2.24, 2.45) is 0 Å². The van der Waals surface area contributed by atoms with E-state index in [0.29, 0.717) is 5.06 Å². The Balaban J connectivity index is 2.29. The van der Waals surface area contributed by atoms with Gasteiger partial charge in [0.2, 0.25) is 0 Å². The molecular weight excluding hydrogens is 238 g/mol. The summed E-state index contributed by atoms with van der Waals surface area (Å²) in [6.07, 6.45) is -0.934. The van der Waals surface area contributed by atoms with Gasteiger partial charge in [0.25, 0.3) is 5.91 Å². The highest BCUT2D eigenvalue weighted by molar-refractivity contribution is 7.81. The van der Waals surface area contributed by atoms with Gasteiger partial charge in [-0.3, -0.25) is 4.79 Å². The second kappa shape index (κ2) is 3.09. The van der Waals surface area contributed by atoms with Gasteiger partial charge in [-0.25, -0.2) is 14.8 Å². The molecule has 0 aromatic heterocycles. The van der Waals surface area contributed by atoms with Gasteiger partial charge in [0, 0.05) is 11.2 Å². The van der Waals surface area contributed by atoms with Crippen molar-refractivity contribution in [1.82, 2.24) is 10.5 Å². The lowest BCUT2D eigenvalue weighted by atomic mass is 10.3. The van der Waals surface area contributed by atoms with Gasteiger partial charge in [0.05, 0.1) is 0 Å². The van der Waals surface area contributed by atoms with Crippen LogP contribution in [0.2, 0.25) is 0 Å². The fourth-order valence-electron chi connectivity index (χ4n) is 0.970. The number of fused-ring (bicyclic) bond motifs is 1. The number of halogens is 1. The lowest BCUT2D eigenvalue weighted by Gasteiger charge is -2.13. The van der Waals surface area contributed by atoms with Crippen molar-refractivity contribution in [2.45, 2.75) is 6.04 Å². The zero-order valence-electron chi connectivity index (χ0n) is 6.51. The van der Waals surface area contributed by atoms with E-state index in [0.717, 1.165) is 0 Å². The number of carbonyl (C=O) groups is 2. The van der Waals surface area contributed by atoms with Gasteiger partial charge < -0.3 is 4.74 Å². The minimum atomic E-state index is -4.01. The summed E-state index contributed by atoms with van der Waals surface area (Å²) < 4.78 is 24.3. The lowest BCUT2D eigenvalue weighted by molar-refractivity contribution is -0.133. The van der Waals surface area contributed by atoms with Crippen LogP contribution in [0.4, 0.5) is 4.79 Å². The zero-order chi connectivity index (χ0) is 10.3. The van der Waals surface area contributed by atoms with Crippen molar-refractivity contribution >= 4 is 30.2 Å². The summed E-state index contributed by atoms with van der Waals surface area (Å²) in [7, 11) is 0. The number of amides is 2. The summed E-state index contributed by atoms with van der Waals surface area (Å²) in [4.78, 5) is 22.1. The molecule has 0 aromatic rings. The maximum atomic E-state index is 11.2. The van der Waals surface area contributed by atoms with Crippen LogP contribution in [0, 0.1) is 0 Å². The molecule has 0 aliphatic carbocycles. The molecule has 0 bridgehead atoms. The van der Waals surface area contributed by atoms with Crippen LogP contribution in [-0.4, -0.2) is 29.7 Å². The Bertz CT molecular complexity index is 347. The molecule has 0 saturated carbocycles. The van der Waals surface area contributed by atoms with Gasteiger partial charge in [-0.05, 0) is 0 Å². The molecule has 1 N–H and O–H groups in total. The molecule has 2 aliphatic rings. The quantitative estimate of drug-likeness (QED) is 0.608. The first-order valence-electron chi connectivity index (χ1n) is 3.43. The largest absolute Gasteiger partial charge is 0.467 e. The summed E-state index contributed by atoms with van der Waals surface area (Å²) >= 11 is 5.22. The Morgan fingerprint density at radius 3 is 3.00 bits per heavy atom. The molecular formula is C4H4ClN2O6P. The van der Waals surface area contributed by atoms with Gasteiger partial charge in [0.1, 0.15) is 6.61 Å². The maximum absolute atomic E-state index is 11.2. The van der Waals surface area contributed by atoms with Gasteiger partial charge >= 0.3 is 13.0 Å². The SMILES string of the molecule is O=C1NOP(=O)(Cl)ON2C(=O)OCC12. The van der Waals surface area contributed by atoms with Crippen LogP contribution >= 0.6 is 18.2 Å². The summed E-state index contributed by atoms with van der Waals surface area (Å²) in [5.74, 6) is -0.714. The van der Waals surface area contributed by atoms with E-state index in [-0.39, 0.29) is 6.61 Å². The molecule has 0 radical (unpaired) electrons. The predicted octanol–water partition coefficient (Wildman–Crippen LogP) is 0.147. The third kappa shape index (κ3) is 1.57. The first-order valence-corrected chi connectivity index (χ1v) is 5.88. The molecule has 2 aliphatic heterocycles. The van der Waals surface area contributed by atoms with Crippen molar-refractivity contribution < 1.29 is 28.1 Å². The van der Waals surface area contributed by atoms with E-state index in [2.05, 4.69) is 14.0 Å². The van der Waals surface area contributed by atoms with Gasteiger partial charge in [-0.2, -0.15) is 14.3 Å². The van der Waals surface area contributed by atoms with E-state index in [1.807, 2.05) is 0 Å². The van der Waals surface area contributed by atoms with Gasteiger partial charge in [-0.15, -0.1) is 0 Å². The summed E-state index contributed by atoms with van der Waals surface area (Å²) in [5, 5.41) is 0.496. The Morgan fingerprint density at radius 2 is 2.29 bits per heavy atom. The second-order valence-electron chi connectivity index (χ2n) is 2.49. The highest BCUT2D eigenvalue weighted by Gasteiger charge is 2.47. The van der Waals surface area contributed by atoms with E-state index in [4.69, 9.17) is 11.2 Å². The van der Waals surface area contributed by atoms with E-state index < -0.39 is 25.0 Å². The number of hydrogen-bond donors (Lipinski definition) is 1. The summed E-state index contributed by atoms with van der Waals surface area (Å²) in [5.41, 5.74) is 1.79. The topological polar surface area (TPSA) is 94.2 Å². The number of ether oxygens (including phenoxy) is 1. The third-order valence-electron chi connectivity index (χ3n) is 1.57. The van der Waals surface area contributed by atoms with E-state index in [1.165, 1.54) is 0 Å². The monoisotopic (exact) mass is 242 g/mol. The molecule has 2 atom stereocenters. The fraction of sp³-hybridized carbons (Fsp3) is 0.500. The van der Waals surface area contributed by atoms with Crippen LogP contribution in [-0.2, 0) is 23.3 Å². The first-order chi connectivity index (χ1) is 6.49. The van der Waals surface area contributed by atoms with Crippen LogP contribution in [0.15, 0.2) is 0 Å². The number of nitrogens with one attached hydrogen (secondary N) is 1. The zero-order valence-corrected chi connectivity index (χ0v) is 8.16. The van der Waals surface area contributed by atoms with Crippen molar-refractivity contribution in [3.05, 3.63) is 0 Å².